The molecule has 1 aromatic heterocycles. The Balaban J connectivity index is 1.45. The molecule has 1 N–H and O–H groups in total. The van der Waals surface area contributed by atoms with E-state index < -0.39 is 0 Å². The Morgan fingerprint density at radius 1 is 1.23 bits per heavy atom. The van der Waals surface area contributed by atoms with Gasteiger partial charge in [0.2, 0.25) is 5.91 Å². The molecule has 3 amide bonds. The van der Waals surface area contributed by atoms with Crippen LogP contribution in [0.1, 0.15) is 23.3 Å². The highest BCUT2D eigenvalue weighted by atomic mass is 32.2. The van der Waals surface area contributed by atoms with Gasteiger partial charge in [-0.15, -0.1) is 0 Å². The molecule has 0 radical (unpaired) electrons. The van der Waals surface area contributed by atoms with Gasteiger partial charge >= 0.3 is 0 Å². The minimum Gasteiger partial charge on any atom is -0.497 e. The minimum atomic E-state index is -0.163. The van der Waals surface area contributed by atoms with Gasteiger partial charge in [-0.25, -0.2) is 0 Å². The number of aromatic nitrogens is 1. The number of hydrogen-bond acceptors (Lipinski definition) is 5. The summed E-state index contributed by atoms with van der Waals surface area (Å²) in [6.07, 6.45) is 1.25. The molecule has 2 fully saturated rings. The highest BCUT2D eigenvalue weighted by molar-refractivity contribution is 8.14. The van der Waals surface area contributed by atoms with Crippen molar-refractivity contribution in [2.45, 2.75) is 18.9 Å². The van der Waals surface area contributed by atoms with Crippen molar-refractivity contribution < 1.29 is 19.1 Å². The van der Waals surface area contributed by atoms with Gasteiger partial charge in [-0.1, -0.05) is 11.8 Å². The lowest BCUT2D eigenvalue weighted by Gasteiger charge is -2.35. The van der Waals surface area contributed by atoms with E-state index in [-0.39, 0.29) is 28.8 Å². The van der Waals surface area contributed by atoms with Crippen LogP contribution in [0.15, 0.2) is 24.3 Å². The summed E-state index contributed by atoms with van der Waals surface area (Å²) in [6.45, 7) is 1.06. The molecule has 0 bridgehead atoms. The first-order valence-electron chi connectivity index (χ1n) is 8.51. The Kier molecular flexibility index (Phi) is 4.36. The van der Waals surface area contributed by atoms with Crippen LogP contribution in [-0.2, 0) is 4.79 Å². The lowest BCUT2D eigenvalue weighted by atomic mass is 10.0. The monoisotopic (exact) mass is 373 g/mol. The predicted molar refractivity (Wildman–Crippen MR) is 98.5 cm³/mol. The predicted octanol–water partition coefficient (Wildman–Crippen LogP) is 2.48. The molecule has 1 aromatic carbocycles. The van der Waals surface area contributed by atoms with Crippen LogP contribution in [-0.4, -0.2) is 63.8 Å². The number of aromatic amines is 1. The van der Waals surface area contributed by atoms with Crippen molar-refractivity contribution in [3.8, 4) is 5.75 Å². The molecule has 0 atom stereocenters. The quantitative estimate of drug-likeness (QED) is 0.894. The number of hydrogen-bond donors (Lipinski definition) is 1. The molecule has 0 saturated carbocycles. The van der Waals surface area contributed by atoms with E-state index in [4.69, 9.17) is 4.74 Å². The molecule has 7 nitrogen and oxygen atoms in total. The minimum absolute atomic E-state index is 0.0629. The summed E-state index contributed by atoms with van der Waals surface area (Å²) < 4.78 is 5.21. The molecule has 2 aliphatic heterocycles. The van der Waals surface area contributed by atoms with Gasteiger partial charge in [0.25, 0.3) is 11.1 Å². The highest BCUT2D eigenvalue weighted by Crippen LogP contribution is 2.28. The first-order chi connectivity index (χ1) is 12.6. The summed E-state index contributed by atoms with van der Waals surface area (Å²) in [5.41, 5.74) is 1.39. The molecule has 3 heterocycles. The molecule has 2 aliphatic rings. The van der Waals surface area contributed by atoms with Crippen molar-refractivity contribution in [3.63, 3.8) is 0 Å². The smallest absolute Gasteiger partial charge is 0.289 e. The number of H-pyrrole nitrogens is 1. The number of ether oxygens (including phenoxy) is 1. The van der Waals surface area contributed by atoms with E-state index in [2.05, 4.69) is 4.98 Å². The molecular formula is C18H19N3O4S. The van der Waals surface area contributed by atoms with Gasteiger partial charge in [-0.05, 0) is 31.0 Å². The lowest BCUT2D eigenvalue weighted by Crippen LogP contribution is -2.48. The van der Waals surface area contributed by atoms with Crippen LogP contribution < -0.4 is 4.74 Å². The summed E-state index contributed by atoms with van der Waals surface area (Å²) >= 11 is 1.06. The number of carbonyl (C=O) groups excluding carboxylic acids is 3. The zero-order valence-electron chi connectivity index (χ0n) is 14.4. The first-order valence-corrected chi connectivity index (χ1v) is 9.50. The van der Waals surface area contributed by atoms with Crippen LogP contribution in [0.5, 0.6) is 5.75 Å². The molecule has 0 spiro atoms. The van der Waals surface area contributed by atoms with Crippen LogP contribution in [0.4, 0.5) is 4.79 Å². The van der Waals surface area contributed by atoms with E-state index in [1.165, 1.54) is 4.90 Å². The van der Waals surface area contributed by atoms with E-state index in [0.717, 1.165) is 28.4 Å². The van der Waals surface area contributed by atoms with Gasteiger partial charge in [0.15, 0.2) is 0 Å². The normalized spacial score (nSPS) is 18.8. The van der Waals surface area contributed by atoms with Crippen LogP contribution in [0, 0.1) is 0 Å². The lowest BCUT2D eigenvalue weighted by molar-refractivity contribution is -0.126. The number of piperidine rings is 1. The second-order valence-electron chi connectivity index (χ2n) is 6.48. The molecule has 0 aliphatic carbocycles. The Bertz CT molecular complexity index is 870. The molecule has 2 aromatic rings. The van der Waals surface area contributed by atoms with E-state index in [1.807, 2.05) is 24.3 Å². The topological polar surface area (TPSA) is 82.7 Å². The summed E-state index contributed by atoms with van der Waals surface area (Å²) in [6, 6.07) is 7.38. The van der Waals surface area contributed by atoms with E-state index >= 15 is 0 Å². The fourth-order valence-corrected chi connectivity index (χ4v) is 4.34. The number of imide groups is 1. The van der Waals surface area contributed by atoms with Gasteiger partial charge in [0, 0.05) is 36.1 Å². The van der Waals surface area contributed by atoms with Crippen molar-refractivity contribution in [2.75, 3.05) is 26.0 Å². The van der Waals surface area contributed by atoms with Crippen LogP contribution >= 0.6 is 11.8 Å². The van der Waals surface area contributed by atoms with Crippen LogP contribution in [0.25, 0.3) is 10.9 Å². The van der Waals surface area contributed by atoms with Crippen molar-refractivity contribution in [3.05, 3.63) is 30.0 Å². The highest BCUT2D eigenvalue weighted by Gasteiger charge is 2.38. The number of benzene rings is 1. The number of methoxy groups -OCH3 is 1. The van der Waals surface area contributed by atoms with Crippen molar-refractivity contribution in [2.24, 2.45) is 0 Å². The number of nitrogens with zero attached hydrogens (tertiary/aromatic N) is 2. The molecule has 4 rings (SSSR count). The Hall–Kier alpha value is -2.48. The summed E-state index contributed by atoms with van der Waals surface area (Å²) in [5, 5.41) is 0.790. The maximum Gasteiger partial charge on any atom is 0.289 e. The van der Waals surface area contributed by atoms with Gasteiger partial charge in [0.05, 0.1) is 12.9 Å². The van der Waals surface area contributed by atoms with Gasteiger partial charge < -0.3 is 14.6 Å². The zero-order valence-corrected chi connectivity index (χ0v) is 15.2. The fraction of sp³-hybridized carbons (Fsp3) is 0.389. The van der Waals surface area contributed by atoms with Gasteiger partial charge in [-0.2, -0.15) is 0 Å². The second kappa shape index (κ2) is 6.68. The number of carbonyl (C=O) groups is 3. The maximum atomic E-state index is 12.8. The third-order valence-electron chi connectivity index (χ3n) is 4.96. The second-order valence-corrected chi connectivity index (χ2v) is 7.40. The number of nitrogens with one attached hydrogen (secondary N) is 1. The first kappa shape index (κ1) is 17.0. The zero-order chi connectivity index (χ0) is 18.3. The van der Waals surface area contributed by atoms with E-state index in [1.54, 1.807) is 12.0 Å². The van der Waals surface area contributed by atoms with E-state index in [9.17, 15) is 14.4 Å². The SMILES string of the molecule is COc1ccc2cc(C(=O)N3CCC(N4C(=O)CSC4=O)CC3)[nH]c2c1. The summed E-state index contributed by atoms with van der Waals surface area (Å²) in [5.74, 6) is 0.787. The van der Waals surface area contributed by atoms with Crippen LogP contribution in [0.3, 0.4) is 0 Å². The standard InChI is InChI=1S/C18H19N3O4S/c1-25-13-3-2-11-8-15(19-14(11)9-13)17(23)20-6-4-12(5-7-20)21-16(22)10-26-18(21)24/h2-3,8-9,12,19H,4-7,10H2,1H3. The molecule has 8 heteroatoms. The number of fused-ring (bicyclic) bond motifs is 1. The average Bonchev–Trinajstić information content (AvgIpc) is 3.23. The molecule has 26 heavy (non-hydrogen) atoms. The number of rotatable bonds is 3. The fourth-order valence-electron chi connectivity index (χ4n) is 3.56. The van der Waals surface area contributed by atoms with Crippen LogP contribution in [0.2, 0.25) is 0 Å². The molecule has 2 saturated heterocycles. The Labute approximate surface area is 154 Å². The molecular weight excluding hydrogens is 354 g/mol. The average molecular weight is 373 g/mol. The maximum absolute atomic E-state index is 12.8. The Morgan fingerprint density at radius 3 is 2.65 bits per heavy atom. The largest absolute Gasteiger partial charge is 0.497 e. The van der Waals surface area contributed by atoms with Gasteiger partial charge in [-0.3, -0.25) is 19.3 Å². The number of likely N-dealkylation sites (tertiary alicyclic amines) is 1. The third-order valence-corrected chi connectivity index (χ3v) is 5.80. The molecule has 0 unspecified atom stereocenters. The van der Waals surface area contributed by atoms with E-state index in [0.29, 0.717) is 31.6 Å². The number of thioether (sulfide) groups is 1. The van der Waals surface area contributed by atoms with Crippen molar-refractivity contribution in [1.82, 2.24) is 14.8 Å². The van der Waals surface area contributed by atoms with Crippen molar-refractivity contribution >= 4 is 39.7 Å². The van der Waals surface area contributed by atoms with Gasteiger partial charge in [0.1, 0.15) is 11.4 Å². The summed E-state index contributed by atoms with van der Waals surface area (Å²) in [7, 11) is 1.61. The number of amides is 3. The molecule has 136 valence electrons. The Morgan fingerprint density at radius 2 is 2.00 bits per heavy atom. The third kappa shape index (κ3) is 2.94. The summed E-state index contributed by atoms with van der Waals surface area (Å²) in [4.78, 5) is 42.8. The van der Waals surface area contributed by atoms with Crippen molar-refractivity contribution in [1.29, 1.82) is 0 Å².